The Hall–Kier alpha value is -2.44. The van der Waals surface area contributed by atoms with Crippen LogP contribution in [0.15, 0.2) is 30.9 Å². The SMILES string of the molecule is COC(=O)/C=C/C(=O)OCCCC(=O)Cn1ccnc1. The lowest BCUT2D eigenvalue weighted by Gasteiger charge is -2.03. The number of Topliss-reactive ketones (excluding diaryl/α,β-unsaturated/α-hetero) is 1. The molecule has 0 bridgehead atoms. The summed E-state index contributed by atoms with van der Waals surface area (Å²) in [5.74, 6) is -1.24. The first-order valence-electron chi connectivity index (χ1n) is 6.02. The molecule has 0 aliphatic heterocycles. The van der Waals surface area contributed by atoms with Crippen LogP contribution >= 0.6 is 0 Å². The van der Waals surface area contributed by atoms with Gasteiger partial charge in [-0.2, -0.15) is 0 Å². The van der Waals surface area contributed by atoms with E-state index in [2.05, 4.69) is 9.72 Å². The highest BCUT2D eigenvalue weighted by molar-refractivity contribution is 5.91. The lowest BCUT2D eigenvalue weighted by atomic mass is 10.2. The van der Waals surface area contributed by atoms with Crippen LogP contribution in [-0.4, -0.2) is 41.0 Å². The number of imidazole rings is 1. The summed E-state index contributed by atoms with van der Waals surface area (Å²) in [5.41, 5.74) is 0. The van der Waals surface area contributed by atoms with Crippen LogP contribution in [0, 0.1) is 0 Å². The van der Waals surface area contributed by atoms with Crippen LogP contribution in [0.4, 0.5) is 0 Å². The normalized spacial score (nSPS) is 10.4. The molecule has 20 heavy (non-hydrogen) atoms. The van der Waals surface area contributed by atoms with Gasteiger partial charge in [0.15, 0.2) is 5.78 Å². The molecule has 1 heterocycles. The fraction of sp³-hybridized carbons (Fsp3) is 0.385. The fourth-order valence-corrected chi connectivity index (χ4v) is 1.36. The molecule has 7 heteroatoms. The molecule has 0 saturated heterocycles. The molecular formula is C13H16N2O5. The van der Waals surface area contributed by atoms with Gasteiger partial charge in [0.25, 0.3) is 0 Å². The first kappa shape index (κ1) is 15.6. The number of carbonyl (C=O) groups is 3. The second-order valence-electron chi connectivity index (χ2n) is 3.90. The quantitative estimate of drug-likeness (QED) is 0.391. The monoisotopic (exact) mass is 280 g/mol. The fourth-order valence-electron chi connectivity index (χ4n) is 1.36. The maximum atomic E-state index is 11.5. The lowest BCUT2D eigenvalue weighted by molar-refractivity contribution is -0.139. The zero-order valence-corrected chi connectivity index (χ0v) is 11.2. The third-order valence-corrected chi connectivity index (χ3v) is 2.32. The van der Waals surface area contributed by atoms with Gasteiger partial charge in [-0.25, -0.2) is 14.6 Å². The molecule has 0 aromatic carbocycles. The molecule has 0 saturated carbocycles. The van der Waals surface area contributed by atoms with Crippen molar-refractivity contribution in [1.82, 2.24) is 9.55 Å². The van der Waals surface area contributed by atoms with Gasteiger partial charge in [-0.1, -0.05) is 0 Å². The second-order valence-corrected chi connectivity index (χ2v) is 3.90. The van der Waals surface area contributed by atoms with Crippen LogP contribution in [0.25, 0.3) is 0 Å². The molecule has 0 radical (unpaired) electrons. The number of methoxy groups -OCH3 is 1. The van der Waals surface area contributed by atoms with Gasteiger partial charge in [0.1, 0.15) is 0 Å². The number of carbonyl (C=O) groups excluding carboxylic acids is 3. The van der Waals surface area contributed by atoms with Crippen molar-refractivity contribution in [2.24, 2.45) is 0 Å². The molecule has 0 aliphatic carbocycles. The van der Waals surface area contributed by atoms with Gasteiger partial charge in [-0.15, -0.1) is 0 Å². The molecule has 0 aliphatic rings. The Kier molecular flexibility index (Phi) is 6.74. The molecule has 1 rings (SSSR count). The molecular weight excluding hydrogens is 264 g/mol. The number of hydrogen-bond acceptors (Lipinski definition) is 6. The van der Waals surface area contributed by atoms with E-state index < -0.39 is 11.9 Å². The molecule has 0 spiro atoms. The Morgan fingerprint density at radius 1 is 1.25 bits per heavy atom. The van der Waals surface area contributed by atoms with Crippen molar-refractivity contribution in [3.8, 4) is 0 Å². The number of nitrogens with zero attached hydrogens (tertiary/aromatic N) is 2. The summed E-state index contributed by atoms with van der Waals surface area (Å²) in [6.45, 7) is 0.385. The summed E-state index contributed by atoms with van der Waals surface area (Å²) in [5, 5.41) is 0. The molecule has 1 aromatic rings. The highest BCUT2D eigenvalue weighted by atomic mass is 16.5. The highest BCUT2D eigenvalue weighted by Crippen LogP contribution is 1.97. The third kappa shape index (κ3) is 6.48. The summed E-state index contributed by atoms with van der Waals surface area (Å²) in [6.07, 6.45) is 7.58. The minimum atomic E-state index is -0.641. The minimum Gasteiger partial charge on any atom is -0.466 e. The van der Waals surface area contributed by atoms with E-state index in [9.17, 15) is 14.4 Å². The lowest BCUT2D eigenvalue weighted by Crippen LogP contribution is -2.10. The van der Waals surface area contributed by atoms with Gasteiger partial charge in [0, 0.05) is 31.0 Å². The Morgan fingerprint density at radius 2 is 2.00 bits per heavy atom. The van der Waals surface area contributed by atoms with Crippen molar-refractivity contribution in [2.45, 2.75) is 19.4 Å². The Balaban J connectivity index is 2.12. The molecule has 7 nitrogen and oxygen atoms in total. The molecule has 0 atom stereocenters. The van der Waals surface area contributed by atoms with Crippen LogP contribution in [0.1, 0.15) is 12.8 Å². The molecule has 0 unspecified atom stereocenters. The first-order valence-corrected chi connectivity index (χ1v) is 6.02. The van der Waals surface area contributed by atoms with Crippen LogP contribution in [0.3, 0.4) is 0 Å². The third-order valence-electron chi connectivity index (χ3n) is 2.32. The average Bonchev–Trinajstić information content (AvgIpc) is 2.93. The number of aromatic nitrogens is 2. The summed E-state index contributed by atoms with van der Waals surface area (Å²) < 4.78 is 10.8. The first-order chi connectivity index (χ1) is 9.61. The zero-order valence-electron chi connectivity index (χ0n) is 11.2. The number of ketones is 1. The smallest absolute Gasteiger partial charge is 0.331 e. The molecule has 1 aromatic heterocycles. The summed E-state index contributed by atoms with van der Waals surface area (Å²) in [4.78, 5) is 37.2. The van der Waals surface area contributed by atoms with E-state index in [1.54, 1.807) is 23.3 Å². The van der Waals surface area contributed by atoms with Crippen LogP contribution in [0.2, 0.25) is 0 Å². The van der Waals surface area contributed by atoms with E-state index in [1.807, 2.05) is 0 Å². The Bertz CT molecular complexity index is 479. The summed E-state index contributed by atoms with van der Waals surface area (Å²) in [7, 11) is 1.21. The van der Waals surface area contributed by atoms with E-state index in [1.165, 1.54) is 7.11 Å². The second kappa shape index (κ2) is 8.63. The zero-order chi connectivity index (χ0) is 14.8. The summed E-state index contributed by atoms with van der Waals surface area (Å²) >= 11 is 0. The maximum absolute atomic E-state index is 11.5. The predicted octanol–water partition coefficient (Wildman–Crippen LogP) is 0.505. The van der Waals surface area contributed by atoms with Crippen molar-refractivity contribution < 1.29 is 23.9 Å². The standard InChI is InChI=1S/C13H16N2O5/c1-19-12(17)4-5-13(18)20-8-2-3-11(16)9-15-7-6-14-10-15/h4-7,10H,2-3,8-9H2,1H3/b5-4+. The van der Waals surface area contributed by atoms with Gasteiger partial charge < -0.3 is 14.0 Å². The van der Waals surface area contributed by atoms with Crippen molar-refractivity contribution in [3.63, 3.8) is 0 Å². The Morgan fingerprint density at radius 3 is 2.65 bits per heavy atom. The average molecular weight is 280 g/mol. The molecule has 108 valence electrons. The van der Waals surface area contributed by atoms with Crippen molar-refractivity contribution in [2.75, 3.05) is 13.7 Å². The van der Waals surface area contributed by atoms with Crippen LogP contribution < -0.4 is 0 Å². The van der Waals surface area contributed by atoms with E-state index in [0.29, 0.717) is 12.8 Å². The van der Waals surface area contributed by atoms with E-state index in [0.717, 1.165) is 12.2 Å². The van der Waals surface area contributed by atoms with Crippen LogP contribution in [-0.2, 0) is 30.4 Å². The van der Waals surface area contributed by atoms with E-state index >= 15 is 0 Å². The van der Waals surface area contributed by atoms with Crippen molar-refractivity contribution in [1.29, 1.82) is 0 Å². The molecule has 0 amide bonds. The van der Waals surface area contributed by atoms with E-state index in [4.69, 9.17) is 4.74 Å². The highest BCUT2D eigenvalue weighted by Gasteiger charge is 2.04. The van der Waals surface area contributed by atoms with Gasteiger partial charge in [0.2, 0.25) is 0 Å². The predicted molar refractivity (Wildman–Crippen MR) is 68.6 cm³/mol. The van der Waals surface area contributed by atoms with Crippen molar-refractivity contribution in [3.05, 3.63) is 30.9 Å². The van der Waals surface area contributed by atoms with Gasteiger partial charge >= 0.3 is 11.9 Å². The summed E-state index contributed by atoms with van der Waals surface area (Å²) in [6, 6.07) is 0. The molecule has 0 N–H and O–H groups in total. The number of ether oxygens (including phenoxy) is 2. The van der Waals surface area contributed by atoms with Crippen LogP contribution in [0.5, 0.6) is 0 Å². The van der Waals surface area contributed by atoms with Crippen molar-refractivity contribution >= 4 is 17.7 Å². The van der Waals surface area contributed by atoms with Gasteiger partial charge in [0.05, 0.1) is 26.6 Å². The minimum absolute atomic E-state index is 0.0316. The van der Waals surface area contributed by atoms with Gasteiger partial charge in [-0.3, -0.25) is 4.79 Å². The Labute approximate surface area is 116 Å². The molecule has 0 fully saturated rings. The van der Waals surface area contributed by atoms with E-state index in [-0.39, 0.29) is 18.9 Å². The topological polar surface area (TPSA) is 87.5 Å². The number of esters is 2. The maximum Gasteiger partial charge on any atom is 0.331 e. The largest absolute Gasteiger partial charge is 0.466 e. The number of rotatable bonds is 8. The van der Waals surface area contributed by atoms with Gasteiger partial charge in [-0.05, 0) is 6.42 Å². The number of hydrogen-bond donors (Lipinski definition) is 0.